The van der Waals surface area contributed by atoms with E-state index in [0.717, 1.165) is 16.5 Å². The second-order valence-corrected chi connectivity index (χ2v) is 7.83. The van der Waals surface area contributed by atoms with Crippen LogP contribution < -0.4 is 9.64 Å². The largest absolute Gasteiger partial charge is 0.507 e. The lowest BCUT2D eigenvalue weighted by Crippen LogP contribution is -2.29. The summed E-state index contributed by atoms with van der Waals surface area (Å²) in [5, 5.41) is 11.0. The number of carbonyl (C=O) groups is 2. The lowest BCUT2D eigenvalue weighted by molar-refractivity contribution is -0.132. The second-order valence-electron chi connectivity index (χ2n) is 7.42. The topological polar surface area (TPSA) is 80.0 Å². The minimum absolute atomic E-state index is 0.173. The number of anilines is 1. The number of amides is 1. The molecule has 1 unspecified atom stereocenters. The van der Waals surface area contributed by atoms with Gasteiger partial charge in [0.15, 0.2) is 0 Å². The van der Waals surface area contributed by atoms with E-state index in [1.807, 2.05) is 6.92 Å². The standard InChI is InChI=1S/C24H19ClFNO5/c1-12-4-8-18(31-3)15(10-12)22(28)20-21(19-9-5-13(2)32-19)27(24(30)23(20)29)14-6-7-17(26)16(25)11-14/h4-11,21,28H,1-3H3/b22-20-. The highest BCUT2D eigenvalue weighted by atomic mass is 35.5. The van der Waals surface area contributed by atoms with Crippen LogP contribution in [0.2, 0.25) is 5.02 Å². The molecule has 4 rings (SSSR count). The number of ether oxygens (including phenoxy) is 1. The summed E-state index contributed by atoms with van der Waals surface area (Å²) in [5.74, 6) is -1.74. The molecule has 1 aromatic heterocycles. The van der Waals surface area contributed by atoms with Crippen LogP contribution in [0.5, 0.6) is 5.75 Å². The van der Waals surface area contributed by atoms with Crippen LogP contribution in [-0.2, 0) is 9.59 Å². The number of carbonyl (C=O) groups excluding carboxylic acids is 2. The maximum atomic E-state index is 13.7. The highest BCUT2D eigenvalue weighted by molar-refractivity contribution is 6.51. The van der Waals surface area contributed by atoms with E-state index in [-0.39, 0.29) is 27.6 Å². The van der Waals surface area contributed by atoms with Crippen molar-refractivity contribution >= 4 is 34.7 Å². The normalized spacial score (nSPS) is 17.8. The quantitative estimate of drug-likeness (QED) is 0.327. The Morgan fingerprint density at radius 3 is 2.50 bits per heavy atom. The third-order valence-corrected chi connectivity index (χ3v) is 5.56. The minimum Gasteiger partial charge on any atom is -0.507 e. The second kappa shape index (κ2) is 8.16. The molecule has 0 spiro atoms. The summed E-state index contributed by atoms with van der Waals surface area (Å²) in [4.78, 5) is 27.4. The first-order chi connectivity index (χ1) is 15.2. The van der Waals surface area contributed by atoms with Crippen LogP contribution in [0.25, 0.3) is 5.76 Å². The summed E-state index contributed by atoms with van der Waals surface area (Å²) in [7, 11) is 1.44. The maximum absolute atomic E-state index is 13.7. The first-order valence-electron chi connectivity index (χ1n) is 9.70. The molecule has 8 heteroatoms. The molecule has 3 aromatic rings. The molecule has 2 heterocycles. The monoisotopic (exact) mass is 455 g/mol. The predicted molar refractivity (Wildman–Crippen MR) is 117 cm³/mol. The molecule has 6 nitrogen and oxygen atoms in total. The number of aryl methyl sites for hydroxylation is 2. The van der Waals surface area contributed by atoms with Gasteiger partial charge in [0.2, 0.25) is 0 Å². The Kier molecular flexibility index (Phi) is 5.52. The summed E-state index contributed by atoms with van der Waals surface area (Å²) in [6, 6.07) is 11.0. The Morgan fingerprint density at radius 1 is 1.12 bits per heavy atom. The number of hydrogen-bond donors (Lipinski definition) is 1. The summed E-state index contributed by atoms with van der Waals surface area (Å²) in [6.07, 6.45) is 0. The number of Topliss-reactive ketones (excluding diaryl/α,β-unsaturated/α-hetero) is 1. The van der Waals surface area contributed by atoms with Gasteiger partial charge in [-0.25, -0.2) is 4.39 Å². The smallest absolute Gasteiger partial charge is 0.300 e. The number of benzene rings is 2. The van der Waals surface area contributed by atoms with Crippen LogP contribution in [0, 0.1) is 19.7 Å². The molecule has 0 bridgehead atoms. The van der Waals surface area contributed by atoms with Crippen molar-refractivity contribution in [2.45, 2.75) is 19.9 Å². The zero-order chi connectivity index (χ0) is 23.2. The van der Waals surface area contributed by atoms with Crippen LogP contribution >= 0.6 is 11.6 Å². The summed E-state index contributed by atoms with van der Waals surface area (Å²) < 4.78 is 24.8. The van der Waals surface area contributed by atoms with E-state index in [1.54, 1.807) is 37.3 Å². The van der Waals surface area contributed by atoms with Crippen molar-refractivity contribution in [1.29, 1.82) is 0 Å². The average Bonchev–Trinajstić information content (AvgIpc) is 3.30. The number of rotatable bonds is 4. The van der Waals surface area contributed by atoms with Gasteiger partial charge >= 0.3 is 0 Å². The van der Waals surface area contributed by atoms with Crippen molar-refractivity contribution in [3.8, 4) is 5.75 Å². The van der Waals surface area contributed by atoms with E-state index in [0.29, 0.717) is 11.5 Å². The van der Waals surface area contributed by atoms with Crippen molar-refractivity contribution in [3.63, 3.8) is 0 Å². The summed E-state index contributed by atoms with van der Waals surface area (Å²) in [5.41, 5.74) is 1.09. The van der Waals surface area contributed by atoms with Crippen LogP contribution in [-0.4, -0.2) is 23.9 Å². The van der Waals surface area contributed by atoms with E-state index in [2.05, 4.69) is 0 Å². The van der Waals surface area contributed by atoms with Crippen molar-refractivity contribution in [1.82, 2.24) is 0 Å². The summed E-state index contributed by atoms with van der Waals surface area (Å²) >= 11 is 5.93. The fourth-order valence-electron chi connectivity index (χ4n) is 3.76. The Bertz CT molecular complexity index is 1280. The number of nitrogens with zero attached hydrogens (tertiary/aromatic N) is 1. The third kappa shape index (κ3) is 3.54. The zero-order valence-electron chi connectivity index (χ0n) is 17.5. The van der Waals surface area contributed by atoms with E-state index < -0.39 is 29.3 Å². The van der Waals surface area contributed by atoms with E-state index in [4.69, 9.17) is 20.8 Å². The molecule has 0 radical (unpaired) electrons. The first kappa shape index (κ1) is 21.6. The van der Waals surface area contributed by atoms with Gasteiger partial charge in [-0.2, -0.15) is 0 Å². The number of furan rings is 1. The van der Waals surface area contributed by atoms with Gasteiger partial charge in [-0.05, 0) is 56.3 Å². The van der Waals surface area contributed by atoms with Gasteiger partial charge in [-0.15, -0.1) is 0 Å². The molecule has 1 aliphatic rings. The molecule has 1 saturated heterocycles. The molecule has 1 aliphatic heterocycles. The third-order valence-electron chi connectivity index (χ3n) is 5.27. The van der Waals surface area contributed by atoms with Crippen molar-refractivity contribution in [3.05, 3.63) is 87.6 Å². The van der Waals surface area contributed by atoms with Crippen molar-refractivity contribution in [2.24, 2.45) is 0 Å². The van der Waals surface area contributed by atoms with Crippen LogP contribution in [0.1, 0.15) is 28.7 Å². The molecule has 1 atom stereocenters. The van der Waals surface area contributed by atoms with Gasteiger partial charge in [0.1, 0.15) is 34.9 Å². The lowest BCUT2D eigenvalue weighted by Gasteiger charge is -2.23. The number of aliphatic hydroxyl groups excluding tert-OH is 1. The predicted octanol–water partition coefficient (Wildman–Crippen LogP) is 5.32. The van der Waals surface area contributed by atoms with E-state index in [9.17, 15) is 19.1 Å². The van der Waals surface area contributed by atoms with Crippen LogP contribution in [0.3, 0.4) is 0 Å². The Balaban J connectivity index is 1.98. The molecular weight excluding hydrogens is 437 g/mol. The fraction of sp³-hybridized carbons (Fsp3) is 0.167. The van der Waals surface area contributed by atoms with Gasteiger partial charge in [0.25, 0.3) is 11.7 Å². The van der Waals surface area contributed by atoms with Crippen LogP contribution in [0.15, 0.2) is 58.5 Å². The molecule has 0 aliphatic carbocycles. The Labute approximate surface area is 188 Å². The summed E-state index contributed by atoms with van der Waals surface area (Å²) in [6.45, 7) is 3.54. The van der Waals surface area contributed by atoms with Gasteiger partial charge < -0.3 is 14.3 Å². The first-order valence-corrected chi connectivity index (χ1v) is 10.1. The molecule has 0 saturated carbocycles. The molecule has 1 amide bonds. The number of aliphatic hydroxyl groups is 1. The molecular formula is C24H19ClFNO5. The Hall–Kier alpha value is -3.58. The van der Waals surface area contributed by atoms with E-state index in [1.165, 1.54) is 19.2 Å². The van der Waals surface area contributed by atoms with Gasteiger partial charge in [-0.1, -0.05) is 23.2 Å². The van der Waals surface area contributed by atoms with E-state index >= 15 is 0 Å². The highest BCUT2D eigenvalue weighted by Gasteiger charge is 2.48. The SMILES string of the molecule is COc1ccc(C)cc1/C(O)=C1/C(=O)C(=O)N(c2ccc(F)c(Cl)c2)C1c1ccc(C)o1. The zero-order valence-corrected chi connectivity index (χ0v) is 18.2. The Morgan fingerprint density at radius 2 is 1.88 bits per heavy atom. The molecule has 1 fully saturated rings. The van der Waals surface area contributed by atoms with Crippen molar-refractivity contribution in [2.75, 3.05) is 12.0 Å². The van der Waals surface area contributed by atoms with Crippen molar-refractivity contribution < 1.29 is 28.2 Å². The fourth-order valence-corrected chi connectivity index (χ4v) is 3.93. The maximum Gasteiger partial charge on any atom is 0.300 e. The van der Waals surface area contributed by atoms with Gasteiger partial charge in [0.05, 0.1) is 23.3 Å². The molecule has 2 aromatic carbocycles. The molecule has 32 heavy (non-hydrogen) atoms. The number of methoxy groups -OCH3 is 1. The number of hydrogen-bond acceptors (Lipinski definition) is 5. The van der Waals surface area contributed by atoms with Gasteiger partial charge in [0, 0.05) is 5.69 Å². The average molecular weight is 456 g/mol. The molecule has 1 N–H and O–H groups in total. The lowest BCUT2D eigenvalue weighted by atomic mass is 9.97. The molecule has 164 valence electrons. The minimum atomic E-state index is -1.09. The number of ketones is 1. The number of halogens is 2. The van der Waals surface area contributed by atoms with Crippen LogP contribution in [0.4, 0.5) is 10.1 Å². The highest BCUT2D eigenvalue weighted by Crippen LogP contribution is 2.44. The van der Waals surface area contributed by atoms with Gasteiger partial charge in [-0.3, -0.25) is 14.5 Å².